The van der Waals surface area contributed by atoms with Crippen LogP contribution < -0.4 is 10.2 Å². The number of benzene rings is 1. The van der Waals surface area contributed by atoms with Crippen molar-refractivity contribution in [2.45, 2.75) is 41.9 Å². The average Bonchev–Trinajstić information content (AvgIpc) is 2.76. The van der Waals surface area contributed by atoms with Crippen LogP contribution in [0.25, 0.3) is 0 Å². The fourth-order valence-electron chi connectivity index (χ4n) is 3.39. The minimum absolute atomic E-state index is 0.135. The largest absolute Gasteiger partial charge is 0.381 e. The highest BCUT2D eigenvalue weighted by Gasteiger charge is 2.47. The van der Waals surface area contributed by atoms with E-state index in [-0.39, 0.29) is 11.7 Å². The molecule has 0 saturated carbocycles. The molecule has 30 heavy (non-hydrogen) atoms. The van der Waals surface area contributed by atoms with Crippen molar-refractivity contribution in [2.75, 3.05) is 18.1 Å². The first kappa shape index (κ1) is 22.5. The van der Waals surface area contributed by atoms with Gasteiger partial charge in [-0.05, 0) is 44.0 Å². The van der Waals surface area contributed by atoms with Crippen molar-refractivity contribution < 1.29 is 18.7 Å². The van der Waals surface area contributed by atoms with Gasteiger partial charge in [-0.2, -0.15) is 0 Å². The SMILES string of the molecule is C[C@@](C(=O)NC1CCOCC1)(c1cncnc1)N(C(=O)[C@H](F)Cl)c1ccc(S)cc1. The second-order valence-corrected chi connectivity index (χ2v) is 7.95. The quantitative estimate of drug-likeness (QED) is 0.520. The number of aromatic nitrogens is 2. The lowest BCUT2D eigenvalue weighted by molar-refractivity contribution is -0.132. The molecule has 1 aliphatic heterocycles. The van der Waals surface area contributed by atoms with Gasteiger partial charge in [0.25, 0.3) is 17.4 Å². The molecule has 3 rings (SSSR count). The summed E-state index contributed by atoms with van der Waals surface area (Å²) in [5.41, 5.74) is -3.40. The molecular weight excluding hydrogens is 431 g/mol. The van der Waals surface area contributed by atoms with Gasteiger partial charge in [0, 0.05) is 47.8 Å². The van der Waals surface area contributed by atoms with E-state index in [0.717, 1.165) is 4.90 Å². The Bertz CT molecular complexity index is 881. The fraction of sp³-hybridized carbons (Fsp3) is 0.400. The zero-order chi connectivity index (χ0) is 21.7. The predicted molar refractivity (Wildman–Crippen MR) is 113 cm³/mol. The molecule has 2 amide bonds. The topological polar surface area (TPSA) is 84.4 Å². The third kappa shape index (κ3) is 4.74. The number of thiol groups is 1. The second kappa shape index (κ2) is 9.72. The number of ether oxygens (including phenoxy) is 1. The van der Waals surface area contributed by atoms with E-state index in [1.165, 1.54) is 25.6 Å². The van der Waals surface area contributed by atoms with Gasteiger partial charge in [0.1, 0.15) is 6.33 Å². The Morgan fingerprint density at radius 3 is 2.43 bits per heavy atom. The number of nitrogens with zero attached hydrogens (tertiary/aromatic N) is 3. The molecule has 1 N–H and O–H groups in total. The maximum absolute atomic E-state index is 14.1. The third-order valence-electron chi connectivity index (χ3n) is 5.08. The molecule has 160 valence electrons. The van der Waals surface area contributed by atoms with Gasteiger partial charge in [-0.3, -0.25) is 14.5 Å². The van der Waals surface area contributed by atoms with E-state index in [9.17, 15) is 14.0 Å². The van der Waals surface area contributed by atoms with E-state index in [4.69, 9.17) is 16.3 Å². The Balaban J connectivity index is 2.10. The Morgan fingerprint density at radius 1 is 1.27 bits per heavy atom. The molecule has 0 unspecified atom stereocenters. The molecule has 1 saturated heterocycles. The molecule has 1 aromatic carbocycles. The van der Waals surface area contributed by atoms with Crippen LogP contribution in [-0.4, -0.2) is 46.7 Å². The smallest absolute Gasteiger partial charge is 0.278 e. The number of amides is 2. The molecule has 2 atom stereocenters. The summed E-state index contributed by atoms with van der Waals surface area (Å²) in [6, 6.07) is 6.29. The Hall–Kier alpha value is -2.23. The number of anilines is 1. The molecule has 1 aliphatic rings. The lowest BCUT2D eigenvalue weighted by Crippen LogP contribution is -2.60. The second-order valence-electron chi connectivity index (χ2n) is 7.05. The van der Waals surface area contributed by atoms with Crippen molar-refractivity contribution in [3.8, 4) is 0 Å². The van der Waals surface area contributed by atoms with Crippen molar-refractivity contribution in [1.29, 1.82) is 0 Å². The van der Waals surface area contributed by atoms with Crippen LogP contribution in [0.2, 0.25) is 0 Å². The minimum Gasteiger partial charge on any atom is -0.381 e. The number of hydrogen-bond acceptors (Lipinski definition) is 6. The van der Waals surface area contributed by atoms with E-state index in [0.29, 0.717) is 36.5 Å². The normalized spacial score (nSPS) is 17.6. The van der Waals surface area contributed by atoms with E-state index in [1.54, 1.807) is 24.3 Å². The molecule has 0 spiro atoms. The fourth-order valence-corrected chi connectivity index (χ4v) is 3.63. The van der Waals surface area contributed by atoms with Gasteiger partial charge >= 0.3 is 0 Å². The number of alkyl halides is 2. The molecule has 0 aliphatic carbocycles. The maximum Gasteiger partial charge on any atom is 0.278 e. The van der Waals surface area contributed by atoms with Crippen molar-refractivity contribution in [3.63, 3.8) is 0 Å². The molecule has 1 aromatic heterocycles. The maximum atomic E-state index is 14.1. The molecule has 7 nitrogen and oxygen atoms in total. The van der Waals surface area contributed by atoms with Crippen LogP contribution in [0, 0.1) is 0 Å². The van der Waals surface area contributed by atoms with E-state index >= 15 is 0 Å². The Kier molecular flexibility index (Phi) is 7.27. The summed E-state index contributed by atoms with van der Waals surface area (Å²) in [5.74, 6) is -1.57. The summed E-state index contributed by atoms with van der Waals surface area (Å²) in [4.78, 5) is 36.1. The number of nitrogens with one attached hydrogen (secondary N) is 1. The van der Waals surface area contributed by atoms with Gasteiger partial charge in [0.15, 0.2) is 5.54 Å². The van der Waals surface area contributed by atoms with Crippen molar-refractivity contribution in [2.24, 2.45) is 0 Å². The van der Waals surface area contributed by atoms with E-state index < -0.39 is 23.0 Å². The van der Waals surface area contributed by atoms with Gasteiger partial charge in [0.2, 0.25) is 0 Å². The molecule has 0 radical (unpaired) electrons. The summed E-state index contributed by atoms with van der Waals surface area (Å²) in [5, 5.41) is 2.96. The highest BCUT2D eigenvalue weighted by atomic mass is 35.5. The van der Waals surface area contributed by atoms with Gasteiger partial charge in [-0.25, -0.2) is 14.4 Å². The molecule has 1 fully saturated rings. The van der Waals surface area contributed by atoms with Crippen LogP contribution >= 0.6 is 24.2 Å². The monoisotopic (exact) mass is 452 g/mol. The van der Waals surface area contributed by atoms with Gasteiger partial charge in [-0.15, -0.1) is 12.6 Å². The van der Waals surface area contributed by atoms with Crippen LogP contribution in [0.15, 0.2) is 47.9 Å². The van der Waals surface area contributed by atoms with Crippen molar-refractivity contribution in [1.82, 2.24) is 15.3 Å². The lowest BCUT2D eigenvalue weighted by atomic mass is 9.89. The predicted octanol–water partition coefficient (Wildman–Crippen LogP) is 2.84. The number of rotatable bonds is 6. The standard InChI is InChI=1S/C20H22ClFN4O3S/c1-20(13-10-23-12-24-11-13,19(28)25-14-6-8-29-9-7-14)26(18(27)17(21)22)15-2-4-16(30)5-3-15/h2-5,10-12,14,17,30H,6-9H2,1H3,(H,25,28)/t17-,20-/m0/s1. The highest BCUT2D eigenvalue weighted by Crippen LogP contribution is 2.35. The summed E-state index contributed by atoms with van der Waals surface area (Å²) in [6.07, 6.45) is 5.42. The zero-order valence-electron chi connectivity index (χ0n) is 16.3. The first-order valence-electron chi connectivity index (χ1n) is 9.39. The summed E-state index contributed by atoms with van der Waals surface area (Å²) in [7, 11) is 0. The van der Waals surface area contributed by atoms with Crippen LogP contribution in [-0.2, 0) is 19.9 Å². The van der Waals surface area contributed by atoms with E-state index in [1.807, 2.05) is 0 Å². The number of halogens is 2. The van der Waals surface area contributed by atoms with Crippen molar-refractivity contribution >= 4 is 41.7 Å². The third-order valence-corrected chi connectivity index (χ3v) is 5.57. The first-order valence-corrected chi connectivity index (χ1v) is 10.3. The van der Waals surface area contributed by atoms with Crippen LogP contribution in [0.4, 0.5) is 10.1 Å². The number of hydrogen-bond donors (Lipinski definition) is 2. The van der Waals surface area contributed by atoms with Crippen LogP contribution in [0.3, 0.4) is 0 Å². The number of carbonyl (C=O) groups excluding carboxylic acids is 2. The number of carbonyl (C=O) groups is 2. The first-order chi connectivity index (χ1) is 14.3. The Morgan fingerprint density at radius 2 is 1.87 bits per heavy atom. The Labute approximate surface area is 184 Å². The molecule has 2 heterocycles. The lowest BCUT2D eigenvalue weighted by Gasteiger charge is -2.41. The summed E-state index contributed by atoms with van der Waals surface area (Å²) in [6.45, 7) is 2.57. The van der Waals surface area contributed by atoms with Crippen LogP contribution in [0.1, 0.15) is 25.3 Å². The highest BCUT2D eigenvalue weighted by molar-refractivity contribution is 7.80. The molecule has 2 aromatic rings. The zero-order valence-corrected chi connectivity index (χ0v) is 17.9. The summed E-state index contributed by atoms with van der Waals surface area (Å²) < 4.78 is 19.4. The average molecular weight is 453 g/mol. The molecular formula is C20H22ClFN4O3S. The molecule has 0 bridgehead atoms. The summed E-state index contributed by atoms with van der Waals surface area (Å²) >= 11 is 9.79. The molecule has 10 heteroatoms. The van der Waals surface area contributed by atoms with Crippen molar-refractivity contribution in [3.05, 3.63) is 48.5 Å². The van der Waals surface area contributed by atoms with Gasteiger partial charge in [-0.1, -0.05) is 11.6 Å². The van der Waals surface area contributed by atoms with E-state index in [2.05, 4.69) is 27.9 Å². The van der Waals surface area contributed by atoms with Gasteiger partial charge in [0.05, 0.1) is 0 Å². The van der Waals surface area contributed by atoms with Gasteiger partial charge < -0.3 is 10.1 Å². The minimum atomic E-state index is -2.35. The van der Waals surface area contributed by atoms with Crippen LogP contribution in [0.5, 0.6) is 0 Å².